The number of aromatic carboxylic acids is 1. The number of carboxylic acid groups (broad SMARTS) is 1. The Morgan fingerprint density at radius 1 is 1.04 bits per heavy atom. The quantitative estimate of drug-likeness (QED) is 0.669. The minimum Gasteiger partial charge on any atom is -0.478 e. The van der Waals surface area contributed by atoms with Crippen molar-refractivity contribution < 1.29 is 19.5 Å². The lowest BCUT2D eigenvalue weighted by molar-refractivity contribution is -0.123. The van der Waals surface area contributed by atoms with Crippen molar-refractivity contribution in [3.8, 4) is 0 Å². The number of hydrogen-bond donors (Lipinski definition) is 2. The third-order valence-corrected chi connectivity index (χ3v) is 3.61. The standard InChI is InChI=1S/C18H14N2O4/c21-16-15(10-12-6-8-14(9-7-12)17(22)23)19-18(24)20(16)11-13-4-2-1-3-5-13/h1-10H,11H2,(H,19,24)(H,22,23)/b15-10-. The maximum atomic E-state index is 12.4. The Bertz CT molecular complexity index is 826. The third-order valence-electron chi connectivity index (χ3n) is 3.61. The molecule has 2 aromatic carbocycles. The van der Waals surface area contributed by atoms with Gasteiger partial charge in [0.15, 0.2) is 0 Å². The van der Waals surface area contributed by atoms with Crippen LogP contribution < -0.4 is 5.32 Å². The molecule has 0 aliphatic carbocycles. The van der Waals surface area contributed by atoms with Gasteiger partial charge >= 0.3 is 12.0 Å². The first-order valence-electron chi connectivity index (χ1n) is 7.26. The van der Waals surface area contributed by atoms with E-state index in [9.17, 15) is 14.4 Å². The fourth-order valence-corrected chi connectivity index (χ4v) is 2.37. The van der Waals surface area contributed by atoms with E-state index in [0.717, 1.165) is 10.5 Å². The number of carbonyl (C=O) groups excluding carboxylic acids is 2. The molecule has 2 N–H and O–H groups in total. The van der Waals surface area contributed by atoms with E-state index in [1.54, 1.807) is 12.1 Å². The molecule has 0 radical (unpaired) electrons. The Balaban J connectivity index is 1.79. The van der Waals surface area contributed by atoms with Crippen LogP contribution in [-0.4, -0.2) is 27.9 Å². The van der Waals surface area contributed by atoms with Crippen LogP contribution in [0.5, 0.6) is 0 Å². The Hall–Kier alpha value is -3.41. The van der Waals surface area contributed by atoms with Crippen molar-refractivity contribution >= 4 is 24.0 Å². The van der Waals surface area contributed by atoms with E-state index in [1.165, 1.54) is 18.2 Å². The van der Waals surface area contributed by atoms with Gasteiger partial charge in [0.2, 0.25) is 0 Å². The summed E-state index contributed by atoms with van der Waals surface area (Å²) in [5.41, 5.74) is 1.81. The number of carboxylic acids is 1. The van der Waals surface area contributed by atoms with Crippen molar-refractivity contribution in [2.75, 3.05) is 0 Å². The number of nitrogens with one attached hydrogen (secondary N) is 1. The molecule has 0 unspecified atom stereocenters. The zero-order chi connectivity index (χ0) is 17.1. The monoisotopic (exact) mass is 322 g/mol. The van der Waals surface area contributed by atoms with Gasteiger partial charge in [0.25, 0.3) is 5.91 Å². The van der Waals surface area contributed by atoms with Crippen LogP contribution in [0.25, 0.3) is 6.08 Å². The van der Waals surface area contributed by atoms with E-state index >= 15 is 0 Å². The molecule has 6 heteroatoms. The van der Waals surface area contributed by atoms with Crippen molar-refractivity contribution in [3.63, 3.8) is 0 Å². The van der Waals surface area contributed by atoms with Gasteiger partial charge in [0.05, 0.1) is 12.1 Å². The van der Waals surface area contributed by atoms with E-state index in [2.05, 4.69) is 5.32 Å². The third kappa shape index (κ3) is 3.17. The maximum absolute atomic E-state index is 12.4. The number of carbonyl (C=O) groups is 3. The first-order chi connectivity index (χ1) is 11.5. The largest absolute Gasteiger partial charge is 0.478 e. The minimum atomic E-state index is -1.02. The molecular formula is C18H14N2O4. The number of nitrogens with zero attached hydrogens (tertiary/aromatic N) is 1. The molecule has 0 aromatic heterocycles. The van der Waals surface area contributed by atoms with Gasteiger partial charge in [-0.25, -0.2) is 9.59 Å². The molecule has 3 amide bonds. The van der Waals surface area contributed by atoms with Gasteiger partial charge in [-0.15, -0.1) is 0 Å². The number of amides is 3. The first kappa shape index (κ1) is 15.5. The van der Waals surface area contributed by atoms with Crippen LogP contribution in [0.1, 0.15) is 21.5 Å². The molecule has 0 atom stereocenters. The zero-order valence-electron chi connectivity index (χ0n) is 12.6. The molecular weight excluding hydrogens is 308 g/mol. The molecule has 1 aliphatic rings. The normalized spacial score (nSPS) is 15.7. The summed E-state index contributed by atoms with van der Waals surface area (Å²) < 4.78 is 0. The lowest BCUT2D eigenvalue weighted by Gasteiger charge is -2.11. The molecule has 1 fully saturated rings. The number of imide groups is 1. The van der Waals surface area contributed by atoms with Crippen LogP contribution in [0.4, 0.5) is 4.79 Å². The highest BCUT2D eigenvalue weighted by molar-refractivity contribution is 6.13. The summed E-state index contributed by atoms with van der Waals surface area (Å²) in [6.07, 6.45) is 1.52. The summed E-state index contributed by atoms with van der Waals surface area (Å²) in [6, 6.07) is 14.8. The SMILES string of the molecule is O=C(O)c1ccc(/C=C2\NC(=O)N(Cc3ccccc3)C2=O)cc1. The van der Waals surface area contributed by atoms with Crippen molar-refractivity contribution in [1.29, 1.82) is 0 Å². The van der Waals surface area contributed by atoms with Crippen LogP contribution in [0.3, 0.4) is 0 Å². The minimum absolute atomic E-state index is 0.157. The molecule has 1 aliphatic heterocycles. The average Bonchev–Trinajstić information content (AvgIpc) is 2.84. The summed E-state index contributed by atoms with van der Waals surface area (Å²) in [5.74, 6) is -1.43. The second kappa shape index (κ2) is 6.37. The summed E-state index contributed by atoms with van der Waals surface area (Å²) in [6.45, 7) is 0.195. The molecule has 6 nitrogen and oxygen atoms in total. The number of hydrogen-bond acceptors (Lipinski definition) is 3. The molecule has 3 rings (SSSR count). The van der Waals surface area contributed by atoms with Gasteiger partial charge in [-0.2, -0.15) is 0 Å². The van der Waals surface area contributed by atoms with Crippen molar-refractivity contribution in [2.45, 2.75) is 6.54 Å². The second-order valence-corrected chi connectivity index (χ2v) is 5.29. The van der Waals surface area contributed by atoms with Gasteiger partial charge in [0.1, 0.15) is 5.70 Å². The molecule has 2 aromatic rings. The smallest absolute Gasteiger partial charge is 0.335 e. The fraction of sp³-hybridized carbons (Fsp3) is 0.0556. The topological polar surface area (TPSA) is 86.7 Å². The molecule has 120 valence electrons. The summed E-state index contributed by atoms with van der Waals surface area (Å²) in [5, 5.41) is 11.4. The highest BCUT2D eigenvalue weighted by atomic mass is 16.4. The van der Waals surface area contributed by atoms with E-state index in [1.807, 2.05) is 30.3 Å². The zero-order valence-corrected chi connectivity index (χ0v) is 12.6. The maximum Gasteiger partial charge on any atom is 0.335 e. The number of rotatable bonds is 4. The van der Waals surface area contributed by atoms with E-state index < -0.39 is 17.9 Å². The van der Waals surface area contributed by atoms with Crippen LogP contribution in [0, 0.1) is 0 Å². The van der Waals surface area contributed by atoms with E-state index in [0.29, 0.717) is 5.56 Å². The Morgan fingerprint density at radius 2 is 1.71 bits per heavy atom. The Morgan fingerprint density at radius 3 is 2.33 bits per heavy atom. The van der Waals surface area contributed by atoms with E-state index in [4.69, 9.17) is 5.11 Å². The molecule has 1 heterocycles. The number of benzene rings is 2. The lowest BCUT2D eigenvalue weighted by Crippen LogP contribution is -2.30. The Kier molecular flexibility index (Phi) is 4.11. The predicted molar refractivity (Wildman–Crippen MR) is 86.9 cm³/mol. The van der Waals surface area contributed by atoms with Gasteiger partial charge in [0, 0.05) is 0 Å². The number of urea groups is 1. The molecule has 0 bridgehead atoms. The lowest BCUT2D eigenvalue weighted by atomic mass is 10.1. The van der Waals surface area contributed by atoms with Gasteiger partial charge in [-0.05, 0) is 29.3 Å². The summed E-state index contributed by atoms with van der Waals surface area (Å²) in [4.78, 5) is 36.4. The van der Waals surface area contributed by atoms with Crippen LogP contribution in [0.15, 0.2) is 60.3 Å². The molecule has 0 saturated carbocycles. The highest BCUT2D eigenvalue weighted by Gasteiger charge is 2.33. The van der Waals surface area contributed by atoms with Gasteiger partial charge < -0.3 is 10.4 Å². The fourth-order valence-electron chi connectivity index (χ4n) is 2.37. The van der Waals surface area contributed by atoms with Crippen LogP contribution >= 0.6 is 0 Å². The Labute approximate surface area is 138 Å². The molecule has 24 heavy (non-hydrogen) atoms. The molecule has 1 saturated heterocycles. The summed E-state index contributed by atoms with van der Waals surface area (Å²) in [7, 11) is 0. The highest BCUT2D eigenvalue weighted by Crippen LogP contribution is 2.17. The van der Waals surface area contributed by atoms with Crippen molar-refractivity contribution in [1.82, 2.24) is 10.2 Å². The van der Waals surface area contributed by atoms with Crippen LogP contribution in [0.2, 0.25) is 0 Å². The van der Waals surface area contributed by atoms with Crippen molar-refractivity contribution in [2.24, 2.45) is 0 Å². The molecule has 0 spiro atoms. The van der Waals surface area contributed by atoms with Gasteiger partial charge in [-0.3, -0.25) is 9.69 Å². The van der Waals surface area contributed by atoms with Crippen LogP contribution in [-0.2, 0) is 11.3 Å². The summed E-state index contributed by atoms with van der Waals surface area (Å²) >= 11 is 0. The average molecular weight is 322 g/mol. The first-order valence-corrected chi connectivity index (χ1v) is 7.26. The predicted octanol–water partition coefficient (Wildman–Crippen LogP) is 2.48. The van der Waals surface area contributed by atoms with E-state index in [-0.39, 0.29) is 17.8 Å². The van der Waals surface area contributed by atoms with Gasteiger partial charge in [-0.1, -0.05) is 42.5 Å². The van der Waals surface area contributed by atoms with Crippen molar-refractivity contribution in [3.05, 3.63) is 77.0 Å². The second-order valence-electron chi connectivity index (χ2n) is 5.29.